The Morgan fingerprint density at radius 2 is 1.66 bits per heavy atom. The molecule has 0 saturated carbocycles. The van der Waals surface area contributed by atoms with E-state index in [4.69, 9.17) is 0 Å². The molecule has 0 aliphatic heterocycles. The third-order valence-electron chi connectivity index (χ3n) is 4.80. The van der Waals surface area contributed by atoms with E-state index in [1.165, 1.54) is 41.6 Å². The Bertz CT molecular complexity index is 1090. The van der Waals surface area contributed by atoms with Crippen molar-refractivity contribution in [3.63, 3.8) is 0 Å². The van der Waals surface area contributed by atoms with Crippen LogP contribution in [0.3, 0.4) is 0 Å². The van der Waals surface area contributed by atoms with Crippen LogP contribution in [-0.4, -0.2) is 32.3 Å². The summed E-state index contributed by atoms with van der Waals surface area (Å²) in [6.45, 7) is 9.13. The quantitative estimate of drug-likeness (QED) is 0.434. The number of halogens is 1. The van der Waals surface area contributed by atoms with Gasteiger partial charge in [0.2, 0.25) is 5.91 Å². The molecular formula is C23H26FN5O2S. The first kappa shape index (κ1) is 23.5. The molecule has 0 spiro atoms. The highest BCUT2D eigenvalue weighted by atomic mass is 32.2. The highest BCUT2D eigenvalue weighted by Crippen LogP contribution is 2.27. The van der Waals surface area contributed by atoms with Gasteiger partial charge < -0.3 is 4.57 Å². The summed E-state index contributed by atoms with van der Waals surface area (Å²) in [7, 11) is 0. The van der Waals surface area contributed by atoms with Crippen molar-refractivity contribution in [2.45, 2.75) is 44.8 Å². The molecule has 2 aromatic carbocycles. The maximum absolute atomic E-state index is 12.9. The monoisotopic (exact) mass is 455 g/mol. The number of rotatable bonds is 6. The van der Waals surface area contributed by atoms with E-state index >= 15 is 0 Å². The molecule has 0 radical (unpaired) electrons. The Hall–Kier alpha value is -3.20. The molecule has 168 valence electrons. The molecule has 2 N–H and O–H groups in total. The molecule has 3 aromatic rings. The van der Waals surface area contributed by atoms with Crippen LogP contribution < -0.4 is 10.9 Å². The molecular weight excluding hydrogens is 429 g/mol. The molecule has 0 bridgehead atoms. The van der Waals surface area contributed by atoms with Gasteiger partial charge in [0.05, 0.1) is 5.75 Å². The summed E-state index contributed by atoms with van der Waals surface area (Å²) in [6.07, 6.45) is 0. The van der Waals surface area contributed by atoms with Crippen LogP contribution in [-0.2, 0) is 16.8 Å². The summed E-state index contributed by atoms with van der Waals surface area (Å²) in [5.74, 6) is -0.578. The lowest BCUT2D eigenvalue weighted by Crippen LogP contribution is -2.42. The molecule has 32 heavy (non-hydrogen) atoms. The third kappa shape index (κ3) is 5.73. The summed E-state index contributed by atoms with van der Waals surface area (Å²) in [4.78, 5) is 24.1. The Labute approximate surface area is 190 Å². The highest BCUT2D eigenvalue weighted by Gasteiger charge is 2.17. The van der Waals surface area contributed by atoms with Gasteiger partial charge in [0, 0.05) is 17.7 Å². The molecule has 3 rings (SSSR count). The van der Waals surface area contributed by atoms with Crippen molar-refractivity contribution < 1.29 is 14.0 Å². The maximum atomic E-state index is 12.9. The van der Waals surface area contributed by atoms with E-state index in [2.05, 4.69) is 54.0 Å². The average Bonchev–Trinajstić information content (AvgIpc) is 3.19. The largest absolute Gasteiger partial charge is 0.302 e. The zero-order chi connectivity index (χ0) is 23.3. The van der Waals surface area contributed by atoms with Crippen LogP contribution in [0, 0.1) is 5.82 Å². The van der Waals surface area contributed by atoms with Crippen LogP contribution in [0.25, 0.3) is 11.4 Å². The average molecular weight is 456 g/mol. The predicted octanol–water partition coefficient (Wildman–Crippen LogP) is 3.95. The fraction of sp³-hybridized carbons (Fsp3) is 0.304. The number of nitrogens with one attached hydrogen (secondary N) is 2. The van der Waals surface area contributed by atoms with Gasteiger partial charge in [0.1, 0.15) is 5.82 Å². The second-order valence-electron chi connectivity index (χ2n) is 8.18. The summed E-state index contributed by atoms with van der Waals surface area (Å²) in [5.41, 5.74) is 7.16. The number of benzene rings is 2. The lowest BCUT2D eigenvalue weighted by molar-refractivity contribution is -0.119. The number of nitrogens with zero attached hydrogens (tertiary/aromatic N) is 3. The molecule has 7 nitrogen and oxygen atoms in total. The molecule has 0 aliphatic rings. The number of carbonyl (C=O) groups is 2. The van der Waals surface area contributed by atoms with Crippen molar-refractivity contribution in [3.05, 3.63) is 65.5 Å². The van der Waals surface area contributed by atoms with Gasteiger partial charge in [-0.05, 0) is 42.2 Å². The molecule has 0 atom stereocenters. The van der Waals surface area contributed by atoms with E-state index in [1.54, 1.807) is 0 Å². The summed E-state index contributed by atoms with van der Waals surface area (Å²) >= 11 is 1.23. The zero-order valence-electron chi connectivity index (χ0n) is 18.5. The molecule has 2 amide bonds. The first-order valence-corrected chi connectivity index (χ1v) is 11.2. The maximum Gasteiger partial charge on any atom is 0.269 e. The van der Waals surface area contributed by atoms with Crippen molar-refractivity contribution in [1.82, 2.24) is 25.6 Å². The van der Waals surface area contributed by atoms with Gasteiger partial charge in [-0.3, -0.25) is 20.4 Å². The van der Waals surface area contributed by atoms with Gasteiger partial charge in [-0.1, -0.05) is 56.8 Å². The molecule has 0 aliphatic carbocycles. The van der Waals surface area contributed by atoms with Gasteiger partial charge in [0.25, 0.3) is 5.91 Å². The van der Waals surface area contributed by atoms with E-state index in [0.29, 0.717) is 11.7 Å². The number of thioether (sulfide) groups is 1. The van der Waals surface area contributed by atoms with Gasteiger partial charge in [0.15, 0.2) is 11.0 Å². The number of hydrogen-bond acceptors (Lipinski definition) is 5. The first-order valence-electron chi connectivity index (χ1n) is 10.2. The van der Waals surface area contributed by atoms with Crippen LogP contribution in [0.5, 0.6) is 0 Å². The molecule has 9 heteroatoms. The highest BCUT2D eigenvalue weighted by molar-refractivity contribution is 7.99. The van der Waals surface area contributed by atoms with Gasteiger partial charge in [-0.25, -0.2) is 4.39 Å². The van der Waals surface area contributed by atoms with Crippen molar-refractivity contribution in [1.29, 1.82) is 0 Å². The summed E-state index contributed by atoms with van der Waals surface area (Å²) in [5, 5.41) is 9.15. The van der Waals surface area contributed by atoms with Crippen LogP contribution >= 0.6 is 11.8 Å². The molecule has 0 fully saturated rings. The minimum Gasteiger partial charge on any atom is -0.302 e. The van der Waals surface area contributed by atoms with Gasteiger partial charge in [-0.15, -0.1) is 10.2 Å². The fourth-order valence-corrected chi connectivity index (χ4v) is 3.78. The Balaban J connectivity index is 1.59. The minimum absolute atomic E-state index is 0.0464. The second-order valence-corrected chi connectivity index (χ2v) is 9.12. The van der Waals surface area contributed by atoms with Gasteiger partial charge >= 0.3 is 0 Å². The topological polar surface area (TPSA) is 88.9 Å². The molecule has 0 saturated heterocycles. The van der Waals surface area contributed by atoms with E-state index < -0.39 is 17.6 Å². The van der Waals surface area contributed by atoms with Crippen LogP contribution in [0.1, 0.15) is 43.6 Å². The molecule has 1 heterocycles. The number of aromatic nitrogens is 3. The van der Waals surface area contributed by atoms with Crippen molar-refractivity contribution >= 4 is 23.6 Å². The van der Waals surface area contributed by atoms with E-state index in [9.17, 15) is 14.0 Å². The number of hydrazine groups is 1. The van der Waals surface area contributed by atoms with E-state index in [-0.39, 0.29) is 16.7 Å². The van der Waals surface area contributed by atoms with Crippen LogP contribution in [0.15, 0.2) is 53.7 Å². The zero-order valence-corrected chi connectivity index (χ0v) is 19.3. The third-order valence-corrected chi connectivity index (χ3v) is 5.76. The minimum atomic E-state index is -0.527. The number of carbonyl (C=O) groups excluding carboxylic acids is 2. The predicted molar refractivity (Wildman–Crippen MR) is 123 cm³/mol. The SMILES string of the molecule is CCn1c(SCC(=O)NNC(=O)c2ccc(F)cc2)nnc1-c1ccc(C(C)(C)C)cc1. The van der Waals surface area contributed by atoms with E-state index in [1.807, 2.05) is 23.6 Å². The van der Waals surface area contributed by atoms with E-state index in [0.717, 1.165) is 11.4 Å². The van der Waals surface area contributed by atoms with Crippen LogP contribution in [0.4, 0.5) is 4.39 Å². The van der Waals surface area contributed by atoms with Gasteiger partial charge in [-0.2, -0.15) is 0 Å². The normalized spacial score (nSPS) is 11.3. The van der Waals surface area contributed by atoms with Crippen molar-refractivity contribution in [2.75, 3.05) is 5.75 Å². The lowest BCUT2D eigenvalue weighted by Gasteiger charge is -2.19. The molecule has 0 unspecified atom stereocenters. The Morgan fingerprint density at radius 3 is 2.25 bits per heavy atom. The van der Waals surface area contributed by atoms with Crippen LogP contribution in [0.2, 0.25) is 0 Å². The van der Waals surface area contributed by atoms with Crippen molar-refractivity contribution in [2.24, 2.45) is 0 Å². The van der Waals surface area contributed by atoms with Crippen molar-refractivity contribution in [3.8, 4) is 11.4 Å². The lowest BCUT2D eigenvalue weighted by atomic mass is 9.87. The second kappa shape index (κ2) is 9.95. The number of amides is 2. The Morgan fingerprint density at radius 1 is 1.00 bits per heavy atom. The first-order chi connectivity index (χ1) is 15.2. The smallest absolute Gasteiger partial charge is 0.269 e. The fourth-order valence-electron chi connectivity index (χ4n) is 2.98. The summed E-state index contributed by atoms with van der Waals surface area (Å²) < 4.78 is 14.9. The Kier molecular flexibility index (Phi) is 7.29. The summed E-state index contributed by atoms with van der Waals surface area (Å²) in [6, 6.07) is 13.3. The number of hydrogen-bond donors (Lipinski definition) is 2. The standard InChI is InChI=1S/C23H26FN5O2S/c1-5-29-20(15-6-10-17(11-7-15)23(2,3)4)26-28-22(29)32-14-19(30)25-27-21(31)16-8-12-18(24)13-9-16/h6-13H,5,14H2,1-4H3,(H,25,30)(H,27,31). The molecule has 1 aromatic heterocycles.